The summed E-state index contributed by atoms with van der Waals surface area (Å²) in [6.45, 7) is 6.09. The SMILES string of the molecule is CCc1ccc(Nc2nnc(SCC(=O)N3CCN(C(C)=O)CC3)s2)cc1. The fourth-order valence-electron chi connectivity index (χ4n) is 2.75. The molecular weight excluding hydrogens is 382 g/mol. The Bertz CT molecular complexity index is 785. The Morgan fingerprint density at radius 1 is 1.11 bits per heavy atom. The summed E-state index contributed by atoms with van der Waals surface area (Å²) in [6.07, 6.45) is 1.01. The molecule has 1 aromatic carbocycles. The summed E-state index contributed by atoms with van der Waals surface area (Å²) >= 11 is 2.84. The molecule has 2 heterocycles. The van der Waals surface area contributed by atoms with Crippen molar-refractivity contribution in [2.24, 2.45) is 0 Å². The number of amides is 2. The number of thioether (sulfide) groups is 1. The molecule has 1 aliphatic rings. The Kier molecular flexibility index (Phi) is 6.68. The third-order valence-electron chi connectivity index (χ3n) is 4.42. The normalized spacial score (nSPS) is 14.3. The van der Waals surface area contributed by atoms with E-state index in [1.807, 2.05) is 17.0 Å². The van der Waals surface area contributed by atoms with E-state index in [-0.39, 0.29) is 11.8 Å². The van der Waals surface area contributed by atoms with Crippen molar-refractivity contribution < 1.29 is 9.59 Å². The number of nitrogens with one attached hydrogen (secondary N) is 1. The van der Waals surface area contributed by atoms with Crippen LogP contribution >= 0.6 is 23.1 Å². The molecule has 0 unspecified atom stereocenters. The summed E-state index contributed by atoms with van der Waals surface area (Å²) < 4.78 is 0.762. The van der Waals surface area contributed by atoms with E-state index in [1.165, 1.54) is 28.7 Å². The summed E-state index contributed by atoms with van der Waals surface area (Å²) in [6, 6.07) is 8.22. The lowest BCUT2D eigenvalue weighted by Gasteiger charge is -2.34. The zero-order valence-corrected chi connectivity index (χ0v) is 17.1. The first-order valence-corrected chi connectivity index (χ1v) is 10.7. The smallest absolute Gasteiger partial charge is 0.233 e. The number of rotatable bonds is 6. The number of piperazine rings is 1. The van der Waals surface area contributed by atoms with Gasteiger partial charge in [-0.3, -0.25) is 9.59 Å². The van der Waals surface area contributed by atoms with E-state index in [2.05, 4.69) is 34.6 Å². The van der Waals surface area contributed by atoms with Crippen LogP contribution in [-0.2, 0) is 16.0 Å². The van der Waals surface area contributed by atoms with E-state index >= 15 is 0 Å². The van der Waals surface area contributed by atoms with E-state index in [1.54, 1.807) is 11.8 Å². The lowest BCUT2D eigenvalue weighted by atomic mass is 10.1. The van der Waals surface area contributed by atoms with Gasteiger partial charge in [-0.2, -0.15) is 0 Å². The molecule has 27 heavy (non-hydrogen) atoms. The quantitative estimate of drug-likeness (QED) is 0.745. The van der Waals surface area contributed by atoms with Gasteiger partial charge in [0.1, 0.15) is 0 Å². The molecule has 144 valence electrons. The summed E-state index contributed by atoms with van der Waals surface area (Å²) in [4.78, 5) is 27.3. The van der Waals surface area contributed by atoms with E-state index in [4.69, 9.17) is 0 Å². The molecule has 0 spiro atoms. The van der Waals surface area contributed by atoms with Gasteiger partial charge < -0.3 is 15.1 Å². The number of aryl methyl sites for hydroxylation is 1. The van der Waals surface area contributed by atoms with Crippen molar-refractivity contribution >= 4 is 45.7 Å². The number of hydrogen-bond acceptors (Lipinski definition) is 7. The summed E-state index contributed by atoms with van der Waals surface area (Å²) in [5.41, 5.74) is 2.26. The molecule has 3 rings (SSSR count). The topological polar surface area (TPSA) is 78.4 Å². The minimum absolute atomic E-state index is 0.0645. The lowest BCUT2D eigenvalue weighted by molar-refractivity contribution is -0.136. The number of carbonyl (C=O) groups is 2. The molecule has 0 bridgehead atoms. The van der Waals surface area contributed by atoms with Crippen molar-refractivity contribution in [3.8, 4) is 0 Å². The van der Waals surface area contributed by atoms with Gasteiger partial charge in [-0.05, 0) is 24.1 Å². The van der Waals surface area contributed by atoms with Gasteiger partial charge in [0.15, 0.2) is 4.34 Å². The second kappa shape index (κ2) is 9.18. The molecule has 9 heteroatoms. The van der Waals surface area contributed by atoms with Gasteiger partial charge in [0.2, 0.25) is 16.9 Å². The Morgan fingerprint density at radius 2 is 1.78 bits per heavy atom. The number of carbonyl (C=O) groups excluding carboxylic acids is 2. The Morgan fingerprint density at radius 3 is 2.41 bits per heavy atom. The van der Waals surface area contributed by atoms with Crippen LogP contribution in [-0.4, -0.2) is 63.7 Å². The number of anilines is 2. The van der Waals surface area contributed by atoms with E-state index in [0.29, 0.717) is 37.1 Å². The van der Waals surface area contributed by atoms with Crippen molar-refractivity contribution in [1.29, 1.82) is 0 Å². The fourth-order valence-corrected chi connectivity index (χ4v) is 4.43. The standard InChI is InChI=1S/C18H23N5O2S2/c1-3-14-4-6-15(7-5-14)19-17-20-21-18(27-17)26-12-16(25)23-10-8-22(9-11-23)13(2)24/h4-7H,3,8-12H2,1-2H3,(H,19,20). The molecule has 1 saturated heterocycles. The van der Waals surface area contributed by atoms with Gasteiger partial charge >= 0.3 is 0 Å². The monoisotopic (exact) mass is 405 g/mol. The molecule has 0 aliphatic carbocycles. The molecule has 2 amide bonds. The molecule has 0 atom stereocenters. The van der Waals surface area contributed by atoms with E-state index in [9.17, 15) is 9.59 Å². The fraction of sp³-hybridized carbons (Fsp3) is 0.444. The zero-order valence-electron chi connectivity index (χ0n) is 15.5. The molecule has 1 fully saturated rings. The lowest BCUT2D eigenvalue weighted by Crippen LogP contribution is -2.50. The van der Waals surface area contributed by atoms with Crippen LogP contribution in [0.25, 0.3) is 0 Å². The predicted octanol–water partition coefficient (Wildman–Crippen LogP) is 2.63. The first kappa shape index (κ1) is 19.6. The van der Waals surface area contributed by atoms with Crippen LogP contribution in [0.5, 0.6) is 0 Å². The summed E-state index contributed by atoms with van der Waals surface area (Å²) in [7, 11) is 0. The van der Waals surface area contributed by atoms with Crippen LogP contribution in [0.1, 0.15) is 19.4 Å². The minimum atomic E-state index is 0.0645. The molecule has 2 aromatic rings. The molecule has 1 aromatic heterocycles. The molecule has 1 aliphatic heterocycles. The van der Waals surface area contributed by atoms with Crippen LogP contribution in [0.15, 0.2) is 28.6 Å². The van der Waals surface area contributed by atoms with Gasteiger partial charge in [-0.15, -0.1) is 10.2 Å². The van der Waals surface area contributed by atoms with E-state index in [0.717, 1.165) is 16.4 Å². The van der Waals surface area contributed by atoms with Crippen LogP contribution in [0, 0.1) is 0 Å². The third-order valence-corrected chi connectivity index (χ3v) is 6.37. The van der Waals surface area contributed by atoms with Crippen molar-refractivity contribution in [3.05, 3.63) is 29.8 Å². The molecule has 0 radical (unpaired) electrons. The number of nitrogens with zero attached hydrogens (tertiary/aromatic N) is 4. The van der Waals surface area contributed by atoms with Gasteiger partial charge in [0, 0.05) is 38.8 Å². The van der Waals surface area contributed by atoms with Gasteiger partial charge in [0.05, 0.1) is 5.75 Å². The Balaban J connectivity index is 1.46. The van der Waals surface area contributed by atoms with Crippen LogP contribution in [0.4, 0.5) is 10.8 Å². The first-order valence-electron chi connectivity index (χ1n) is 8.90. The van der Waals surface area contributed by atoms with Crippen molar-refractivity contribution in [2.75, 3.05) is 37.2 Å². The minimum Gasteiger partial charge on any atom is -0.339 e. The molecular formula is C18H23N5O2S2. The number of benzene rings is 1. The zero-order chi connectivity index (χ0) is 19.2. The molecule has 7 nitrogen and oxygen atoms in total. The average Bonchev–Trinajstić information content (AvgIpc) is 3.14. The predicted molar refractivity (Wildman–Crippen MR) is 109 cm³/mol. The van der Waals surface area contributed by atoms with Crippen LogP contribution in [0.3, 0.4) is 0 Å². The summed E-state index contributed by atoms with van der Waals surface area (Å²) in [5.74, 6) is 0.470. The van der Waals surface area contributed by atoms with E-state index < -0.39 is 0 Å². The Hall–Kier alpha value is -2.13. The number of aromatic nitrogens is 2. The largest absolute Gasteiger partial charge is 0.339 e. The maximum atomic E-state index is 12.3. The van der Waals surface area contributed by atoms with Gasteiger partial charge in [-0.25, -0.2) is 0 Å². The highest BCUT2D eigenvalue weighted by atomic mass is 32.2. The maximum Gasteiger partial charge on any atom is 0.233 e. The average molecular weight is 406 g/mol. The highest BCUT2D eigenvalue weighted by Crippen LogP contribution is 2.28. The van der Waals surface area contributed by atoms with Crippen molar-refractivity contribution in [1.82, 2.24) is 20.0 Å². The molecule has 1 N–H and O–H groups in total. The second-order valence-corrected chi connectivity index (χ2v) is 8.42. The number of hydrogen-bond donors (Lipinski definition) is 1. The van der Waals surface area contributed by atoms with Crippen LogP contribution in [0.2, 0.25) is 0 Å². The molecule has 0 saturated carbocycles. The Labute approximate surface area is 167 Å². The highest BCUT2D eigenvalue weighted by Gasteiger charge is 2.22. The summed E-state index contributed by atoms with van der Waals surface area (Å²) in [5, 5.41) is 12.2. The van der Waals surface area contributed by atoms with Gasteiger partial charge in [0.25, 0.3) is 0 Å². The van der Waals surface area contributed by atoms with Gasteiger partial charge in [-0.1, -0.05) is 42.2 Å². The first-order chi connectivity index (χ1) is 13.0. The van der Waals surface area contributed by atoms with Crippen molar-refractivity contribution in [2.45, 2.75) is 24.6 Å². The third kappa shape index (κ3) is 5.43. The second-order valence-electron chi connectivity index (χ2n) is 6.22. The highest BCUT2D eigenvalue weighted by molar-refractivity contribution is 8.01. The van der Waals surface area contributed by atoms with Crippen molar-refractivity contribution in [3.63, 3.8) is 0 Å². The van der Waals surface area contributed by atoms with Crippen LogP contribution < -0.4 is 5.32 Å². The maximum absolute atomic E-state index is 12.3.